The van der Waals surface area contributed by atoms with Crippen molar-refractivity contribution >= 4 is 5.78 Å². The summed E-state index contributed by atoms with van der Waals surface area (Å²) in [6.45, 7) is 4.31. The van der Waals surface area contributed by atoms with Crippen molar-refractivity contribution in [1.82, 2.24) is 0 Å². The van der Waals surface area contributed by atoms with Crippen molar-refractivity contribution in [2.45, 2.75) is 77.7 Å². The molecule has 4 saturated carbocycles. The van der Waals surface area contributed by atoms with Gasteiger partial charge in [-0.1, -0.05) is 13.8 Å². The fourth-order valence-corrected chi connectivity index (χ4v) is 6.44. The lowest BCUT2D eigenvalue weighted by Crippen LogP contribution is -2.54. The van der Waals surface area contributed by atoms with Gasteiger partial charge in [-0.25, -0.2) is 0 Å². The van der Waals surface area contributed by atoms with Crippen LogP contribution in [0.15, 0.2) is 0 Å². The van der Waals surface area contributed by atoms with Crippen LogP contribution in [0.5, 0.6) is 0 Å². The Morgan fingerprint density at radius 1 is 1.14 bits per heavy atom. The van der Waals surface area contributed by atoms with E-state index in [1.807, 2.05) is 6.92 Å². The van der Waals surface area contributed by atoms with Crippen LogP contribution < -0.4 is 0 Å². The van der Waals surface area contributed by atoms with Crippen LogP contribution in [-0.2, 0) is 4.79 Å². The Morgan fingerprint density at radius 3 is 2.71 bits per heavy atom. The van der Waals surface area contributed by atoms with Crippen molar-refractivity contribution in [3.05, 3.63) is 0 Å². The summed E-state index contributed by atoms with van der Waals surface area (Å²) in [5.41, 5.74) is -0.459. The molecule has 0 heterocycles. The highest BCUT2D eigenvalue weighted by Crippen LogP contribution is 2.65. The molecule has 0 aromatic heterocycles. The highest BCUT2D eigenvalue weighted by atomic mass is 16.3. The number of hydrogen-bond donors (Lipinski definition) is 1. The molecule has 0 aromatic carbocycles. The van der Waals surface area contributed by atoms with E-state index in [1.54, 1.807) is 0 Å². The lowest BCUT2D eigenvalue weighted by Gasteiger charge is -2.60. The minimum absolute atomic E-state index is 0.0872. The van der Waals surface area contributed by atoms with Crippen molar-refractivity contribution < 1.29 is 14.0 Å². The molecule has 1 unspecified atom stereocenters. The Kier molecular flexibility index (Phi) is 2.44. The summed E-state index contributed by atoms with van der Waals surface area (Å²) in [4.78, 5) is 11.9. The summed E-state index contributed by atoms with van der Waals surface area (Å²) >= 11 is 0. The third kappa shape index (κ3) is 1.84. The molecule has 7 atom stereocenters. The molecule has 4 aliphatic carbocycles. The largest absolute Gasteiger partial charge is 0.393 e. The van der Waals surface area contributed by atoms with E-state index in [9.17, 15) is 9.90 Å². The Labute approximate surface area is 132 Å². The van der Waals surface area contributed by atoms with E-state index in [0.29, 0.717) is 36.4 Å². The monoisotopic (exact) mass is 293 g/mol. The number of rotatable bonds is 0. The number of hydrogen-bond acceptors (Lipinski definition) is 2. The summed E-state index contributed by atoms with van der Waals surface area (Å²) in [6.07, 6.45) is 2.66. The molecule has 118 valence electrons. The van der Waals surface area contributed by atoms with Crippen LogP contribution in [0.25, 0.3) is 0 Å². The van der Waals surface area contributed by atoms with Gasteiger partial charge in [0, 0.05) is 15.6 Å². The van der Waals surface area contributed by atoms with Crippen LogP contribution in [-0.4, -0.2) is 17.0 Å². The number of Topliss-reactive ketones (excluding diaryl/α,β-unsaturated/α-hetero) is 1. The lowest BCUT2D eigenvalue weighted by atomic mass is 9.45. The fraction of sp³-hybridized carbons (Fsp3) is 0.947. The van der Waals surface area contributed by atoms with Crippen molar-refractivity contribution in [2.24, 2.45) is 34.5 Å². The molecule has 1 N–H and O–H groups in total. The minimum Gasteiger partial charge on any atom is -0.393 e. The first-order chi connectivity index (χ1) is 11.0. The highest BCUT2D eigenvalue weighted by molar-refractivity contribution is 5.79. The number of carbonyl (C=O) groups is 1. The van der Waals surface area contributed by atoms with Crippen LogP contribution >= 0.6 is 0 Å². The first-order valence-electron chi connectivity index (χ1n) is 10.3. The van der Waals surface area contributed by atoms with Crippen molar-refractivity contribution in [3.8, 4) is 0 Å². The normalized spacial score (nSPS) is 64.5. The number of ketones is 1. The van der Waals surface area contributed by atoms with E-state index in [4.69, 9.17) is 4.11 Å². The molecule has 2 heteroatoms. The van der Waals surface area contributed by atoms with Crippen LogP contribution in [0, 0.1) is 34.5 Å². The van der Waals surface area contributed by atoms with E-state index in [0.717, 1.165) is 38.5 Å². The molecule has 4 aliphatic rings. The van der Waals surface area contributed by atoms with Gasteiger partial charge in [0.25, 0.3) is 0 Å². The summed E-state index contributed by atoms with van der Waals surface area (Å²) in [5.74, 6) is 1.90. The molecule has 0 bridgehead atoms. The minimum atomic E-state index is -1.99. The summed E-state index contributed by atoms with van der Waals surface area (Å²) in [6, 6.07) is 0. The zero-order chi connectivity index (χ0) is 17.5. The summed E-state index contributed by atoms with van der Waals surface area (Å²) in [7, 11) is 0. The molecule has 0 spiro atoms. The maximum atomic E-state index is 11.9. The van der Waals surface area contributed by atoms with Crippen molar-refractivity contribution in [2.75, 3.05) is 0 Å². The molecule has 0 aromatic rings. The molecule has 21 heavy (non-hydrogen) atoms. The third-order valence-electron chi connectivity index (χ3n) is 7.90. The van der Waals surface area contributed by atoms with Gasteiger partial charge in [-0.2, -0.15) is 0 Å². The Bertz CT molecular complexity index is 575. The van der Waals surface area contributed by atoms with Crippen LogP contribution in [0.1, 0.15) is 75.7 Å². The van der Waals surface area contributed by atoms with Crippen LogP contribution in [0.3, 0.4) is 0 Å². The Hall–Kier alpha value is -0.370. The average Bonchev–Trinajstić information content (AvgIpc) is 2.64. The zero-order valence-corrected chi connectivity index (χ0v) is 13.3. The topological polar surface area (TPSA) is 37.3 Å². The second-order valence-electron chi connectivity index (χ2n) is 8.59. The van der Waals surface area contributed by atoms with Gasteiger partial charge in [0.15, 0.2) is 0 Å². The van der Waals surface area contributed by atoms with Gasteiger partial charge in [0.1, 0.15) is 5.78 Å². The molecule has 2 nitrogen and oxygen atoms in total. The van der Waals surface area contributed by atoms with Gasteiger partial charge in [0.05, 0.1) is 7.45 Å². The molecule has 4 fully saturated rings. The zero-order valence-electron chi connectivity index (χ0n) is 16.3. The predicted octanol–water partition coefficient (Wildman–Crippen LogP) is 3.96. The molecule has 0 saturated heterocycles. The van der Waals surface area contributed by atoms with Crippen molar-refractivity contribution in [1.29, 1.82) is 0 Å². The van der Waals surface area contributed by atoms with E-state index in [1.165, 1.54) is 0 Å². The molecule has 0 amide bonds. The maximum absolute atomic E-state index is 11.9. The Balaban J connectivity index is 1.69. The molecule has 0 radical (unpaired) electrons. The Morgan fingerprint density at radius 2 is 1.90 bits per heavy atom. The van der Waals surface area contributed by atoms with E-state index < -0.39 is 17.9 Å². The van der Waals surface area contributed by atoms with Gasteiger partial charge in [-0.05, 0) is 79.4 Å². The molecular formula is C19H30O2. The average molecular weight is 293 g/mol. The summed E-state index contributed by atoms with van der Waals surface area (Å²) < 4.78 is 24.9. The van der Waals surface area contributed by atoms with Gasteiger partial charge >= 0.3 is 0 Å². The van der Waals surface area contributed by atoms with E-state index in [2.05, 4.69) is 6.92 Å². The first-order valence-corrected chi connectivity index (χ1v) is 8.77. The standard InChI is InChI=1S/C19H30O2/c1-18-9-7-13(20)11-12(18)3-4-14-15-5-6-17(21)19(15,2)10-8-16(14)18/h12,14-17,21H,3-11H2,1-2H3/t12-,14?,15-,16-,17-,18-,19-/m0/s1/i6D2,17D. The molecule has 4 rings (SSSR count). The van der Waals surface area contributed by atoms with Gasteiger partial charge in [-0.15, -0.1) is 0 Å². The third-order valence-corrected chi connectivity index (χ3v) is 7.90. The van der Waals surface area contributed by atoms with Gasteiger partial charge in [-0.3, -0.25) is 4.79 Å². The second kappa shape index (κ2) is 4.57. The molecular weight excluding hydrogens is 260 g/mol. The van der Waals surface area contributed by atoms with Gasteiger partial charge < -0.3 is 5.11 Å². The van der Waals surface area contributed by atoms with E-state index >= 15 is 0 Å². The maximum Gasteiger partial charge on any atom is 0.133 e. The smallest absolute Gasteiger partial charge is 0.133 e. The molecule has 0 aliphatic heterocycles. The van der Waals surface area contributed by atoms with Crippen LogP contribution in [0.2, 0.25) is 0 Å². The highest BCUT2D eigenvalue weighted by Gasteiger charge is 2.59. The fourth-order valence-electron chi connectivity index (χ4n) is 6.44. The predicted molar refractivity (Wildman–Crippen MR) is 82.7 cm³/mol. The quantitative estimate of drug-likeness (QED) is 0.734. The summed E-state index contributed by atoms with van der Waals surface area (Å²) in [5, 5.41) is 10.7. The number of carbonyl (C=O) groups excluding carboxylic acids is 1. The lowest BCUT2D eigenvalue weighted by molar-refractivity contribution is -0.141. The number of fused-ring (bicyclic) bond motifs is 5. The van der Waals surface area contributed by atoms with Gasteiger partial charge in [0.2, 0.25) is 0 Å². The van der Waals surface area contributed by atoms with Crippen LogP contribution in [0.4, 0.5) is 0 Å². The first kappa shape index (κ1) is 11.2. The second-order valence-corrected chi connectivity index (χ2v) is 8.59. The SMILES string of the molecule is [2H]C1([2H])C[C@H]2C3CC[C@H]4CC(=O)CC[C@]4(C)[C@H]3CC[C@]2(C)[C@@]1([2H])O. The number of aliphatic hydroxyl groups is 1. The van der Waals surface area contributed by atoms with Crippen molar-refractivity contribution in [3.63, 3.8) is 0 Å². The van der Waals surface area contributed by atoms with E-state index in [-0.39, 0.29) is 11.3 Å².